The summed E-state index contributed by atoms with van der Waals surface area (Å²) >= 11 is 0. The van der Waals surface area contributed by atoms with Gasteiger partial charge in [0.05, 0.1) is 26.2 Å². The van der Waals surface area contributed by atoms with Gasteiger partial charge in [0.1, 0.15) is 6.54 Å². The lowest BCUT2D eigenvalue weighted by atomic mass is 10.0. The number of aliphatic hydroxyl groups is 1. The first kappa shape index (κ1) is 27.9. The van der Waals surface area contributed by atoms with Gasteiger partial charge in [0, 0.05) is 0 Å². The second-order valence-corrected chi connectivity index (χ2v) is 9.26. The van der Waals surface area contributed by atoms with Gasteiger partial charge in [-0.2, -0.15) is 0 Å². The summed E-state index contributed by atoms with van der Waals surface area (Å²) in [5, 5.41) is 9.60. The van der Waals surface area contributed by atoms with Gasteiger partial charge in [0.2, 0.25) is 0 Å². The first-order chi connectivity index (χ1) is 13.7. The van der Waals surface area contributed by atoms with Crippen LogP contribution >= 0.6 is 0 Å². The predicted octanol–water partition coefficient (Wildman–Crippen LogP) is 7.88. The van der Waals surface area contributed by atoms with E-state index in [1.165, 1.54) is 140 Å². The molecule has 0 bridgehead atoms. The van der Waals surface area contributed by atoms with Gasteiger partial charge in [-0.15, -0.1) is 0 Å². The number of aliphatic hydroxyl groups excluding tert-OH is 1. The monoisotopic (exact) mass is 398 g/mol. The van der Waals surface area contributed by atoms with Gasteiger partial charge in [-0.1, -0.05) is 111 Å². The Morgan fingerprint density at radius 3 is 1.07 bits per heavy atom. The number of unbranched alkanes of at least 4 members (excludes halogenated alkanes) is 15. The smallest absolute Gasteiger partial charge is 0.102 e. The van der Waals surface area contributed by atoms with Crippen molar-refractivity contribution in [3.63, 3.8) is 0 Å². The lowest BCUT2D eigenvalue weighted by Crippen LogP contribution is -2.51. The van der Waals surface area contributed by atoms with Gasteiger partial charge in [-0.25, -0.2) is 0 Å². The third kappa shape index (κ3) is 16.8. The van der Waals surface area contributed by atoms with Crippen LogP contribution in [-0.2, 0) is 0 Å². The molecule has 170 valence electrons. The molecule has 0 radical (unpaired) electrons. The first-order valence-corrected chi connectivity index (χ1v) is 13.2. The Balaban J connectivity index is 3.70. The second kappa shape index (κ2) is 21.6. The molecule has 0 rings (SSSR count). The number of quaternary nitrogens is 1. The predicted molar refractivity (Wildman–Crippen MR) is 127 cm³/mol. The zero-order valence-electron chi connectivity index (χ0n) is 20.2. The molecule has 28 heavy (non-hydrogen) atoms. The quantitative estimate of drug-likeness (QED) is 0.137. The average molecular weight is 399 g/mol. The van der Waals surface area contributed by atoms with Crippen molar-refractivity contribution in [2.24, 2.45) is 0 Å². The fourth-order valence-electron chi connectivity index (χ4n) is 4.51. The van der Waals surface area contributed by atoms with E-state index in [-0.39, 0.29) is 0 Å². The van der Waals surface area contributed by atoms with E-state index in [9.17, 15) is 5.11 Å². The topological polar surface area (TPSA) is 20.2 Å². The van der Waals surface area contributed by atoms with Crippen molar-refractivity contribution in [1.82, 2.24) is 0 Å². The highest BCUT2D eigenvalue weighted by Crippen LogP contribution is 2.17. The zero-order chi connectivity index (χ0) is 20.8. The minimum absolute atomic E-state index is 0.353. The maximum absolute atomic E-state index is 9.60. The summed E-state index contributed by atoms with van der Waals surface area (Å²) in [6.45, 7) is 12.0. The summed E-state index contributed by atoms with van der Waals surface area (Å²) in [4.78, 5) is 0. The maximum Gasteiger partial charge on any atom is 0.102 e. The van der Waals surface area contributed by atoms with Gasteiger partial charge in [-0.05, 0) is 25.7 Å². The van der Waals surface area contributed by atoms with Crippen LogP contribution in [0, 0.1) is 0 Å². The number of nitrogens with zero attached hydrogens (tertiary/aromatic N) is 1. The number of hydrogen-bond acceptors (Lipinski definition) is 1. The third-order valence-corrected chi connectivity index (χ3v) is 6.53. The summed E-state index contributed by atoms with van der Waals surface area (Å²) in [5.41, 5.74) is 0. The van der Waals surface area contributed by atoms with Crippen molar-refractivity contribution in [2.45, 2.75) is 136 Å². The van der Waals surface area contributed by atoms with Crippen molar-refractivity contribution in [3.8, 4) is 0 Å². The number of hydrogen-bond donors (Lipinski definition) is 1. The Hall–Kier alpha value is -0.0800. The lowest BCUT2D eigenvalue weighted by Gasteiger charge is -2.38. The van der Waals surface area contributed by atoms with Crippen LogP contribution in [0.2, 0.25) is 0 Å². The normalized spacial score (nSPS) is 12.0. The average Bonchev–Trinajstić information content (AvgIpc) is 2.71. The standard InChI is InChI=1S/C26H56NO/c1-4-7-10-11-12-13-14-15-16-17-18-19-20-21-24-27(25-26-28,22-8-5-2)23-9-6-3/h28H,4-26H2,1-3H3/q+1. The molecule has 0 unspecified atom stereocenters. The van der Waals surface area contributed by atoms with E-state index in [2.05, 4.69) is 20.8 Å². The summed E-state index contributed by atoms with van der Waals surface area (Å²) in [7, 11) is 0. The molecule has 0 atom stereocenters. The Labute approximate surface area is 179 Å². The van der Waals surface area contributed by atoms with E-state index in [0.717, 1.165) is 6.54 Å². The maximum atomic E-state index is 9.60. The van der Waals surface area contributed by atoms with E-state index in [1.807, 2.05) is 0 Å². The Morgan fingerprint density at radius 1 is 0.393 bits per heavy atom. The largest absolute Gasteiger partial charge is 0.391 e. The van der Waals surface area contributed by atoms with Crippen molar-refractivity contribution in [1.29, 1.82) is 0 Å². The van der Waals surface area contributed by atoms with Crippen molar-refractivity contribution < 1.29 is 9.59 Å². The van der Waals surface area contributed by atoms with E-state index < -0.39 is 0 Å². The fourth-order valence-corrected chi connectivity index (χ4v) is 4.51. The van der Waals surface area contributed by atoms with Crippen LogP contribution in [0.15, 0.2) is 0 Å². The molecule has 0 aromatic carbocycles. The Bertz CT molecular complexity index is 284. The van der Waals surface area contributed by atoms with Gasteiger partial charge in [-0.3, -0.25) is 0 Å². The molecule has 0 aliphatic rings. The molecule has 0 heterocycles. The molecular formula is C26H56NO+. The Kier molecular flexibility index (Phi) is 21.6. The molecule has 0 amide bonds. The zero-order valence-corrected chi connectivity index (χ0v) is 20.2. The van der Waals surface area contributed by atoms with Crippen LogP contribution in [0.3, 0.4) is 0 Å². The molecule has 2 nitrogen and oxygen atoms in total. The molecule has 0 aliphatic heterocycles. The van der Waals surface area contributed by atoms with Crippen molar-refractivity contribution in [2.75, 3.05) is 32.8 Å². The van der Waals surface area contributed by atoms with Crippen LogP contribution < -0.4 is 0 Å². The minimum atomic E-state index is 0.353. The van der Waals surface area contributed by atoms with Crippen LogP contribution in [0.4, 0.5) is 0 Å². The van der Waals surface area contributed by atoms with Crippen LogP contribution in [0.25, 0.3) is 0 Å². The highest BCUT2D eigenvalue weighted by Gasteiger charge is 2.24. The van der Waals surface area contributed by atoms with Gasteiger partial charge in [0.25, 0.3) is 0 Å². The molecule has 2 heteroatoms. The van der Waals surface area contributed by atoms with E-state index in [4.69, 9.17) is 0 Å². The highest BCUT2D eigenvalue weighted by molar-refractivity contribution is 4.52. The van der Waals surface area contributed by atoms with E-state index in [0.29, 0.717) is 6.61 Å². The first-order valence-electron chi connectivity index (χ1n) is 13.2. The van der Waals surface area contributed by atoms with Crippen molar-refractivity contribution in [3.05, 3.63) is 0 Å². The van der Waals surface area contributed by atoms with E-state index >= 15 is 0 Å². The SMILES string of the molecule is CCCCCCCCCCCCCCCC[N+](CCO)(CCCC)CCCC. The summed E-state index contributed by atoms with van der Waals surface area (Å²) in [5.74, 6) is 0. The summed E-state index contributed by atoms with van der Waals surface area (Å²) < 4.78 is 1.18. The summed E-state index contributed by atoms with van der Waals surface area (Å²) in [6, 6.07) is 0. The fraction of sp³-hybridized carbons (Fsp3) is 1.00. The molecular weight excluding hydrogens is 342 g/mol. The third-order valence-electron chi connectivity index (χ3n) is 6.53. The molecule has 0 aromatic rings. The number of rotatable bonds is 23. The molecule has 0 spiro atoms. The summed E-state index contributed by atoms with van der Waals surface area (Å²) in [6.07, 6.45) is 25.2. The molecule has 0 aliphatic carbocycles. The van der Waals surface area contributed by atoms with Gasteiger partial charge >= 0.3 is 0 Å². The Morgan fingerprint density at radius 2 is 0.714 bits per heavy atom. The van der Waals surface area contributed by atoms with E-state index in [1.54, 1.807) is 0 Å². The molecule has 1 N–H and O–H groups in total. The van der Waals surface area contributed by atoms with Crippen molar-refractivity contribution >= 4 is 0 Å². The minimum Gasteiger partial charge on any atom is -0.391 e. The van der Waals surface area contributed by atoms with Crippen LogP contribution in [0.5, 0.6) is 0 Å². The molecule has 0 saturated carbocycles. The van der Waals surface area contributed by atoms with Gasteiger partial charge < -0.3 is 9.59 Å². The van der Waals surface area contributed by atoms with Gasteiger partial charge in [0.15, 0.2) is 0 Å². The molecule has 0 saturated heterocycles. The highest BCUT2D eigenvalue weighted by atomic mass is 16.3. The molecule has 0 fully saturated rings. The molecule has 0 aromatic heterocycles. The second-order valence-electron chi connectivity index (χ2n) is 9.26. The van der Waals surface area contributed by atoms with Crippen LogP contribution in [0.1, 0.15) is 136 Å². The van der Waals surface area contributed by atoms with Crippen LogP contribution in [-0.4, -0.2) is 42.4 Å². The lowest BCUT2D eigenvalue weighted by molar-refractivity contribution is -0.929.